The van der Waals surface area contributed by atoms with Gasteiger partial charge in [-0.3, -0.25) is 9.59 Å². The second kappa shape index (κ2) is 8.82. The van der Waals surface area contributed by atoms with Gasteiger partial charge in [0, 0.05) is 24.3 Å². The lowest BCUT2D eigenvalue weighted by Crippen LogP contribution is -2.28. The molecule has 0 aromatic heterocycles. The third kappa shape index (κ3) is 4.51. The van der Waals surface area contributed by atoms with Crippen molar-refractivity contribution >= 4 is 23.2 Å². The summed E-state index contributed by atoms with van der Waals surface area (Å²) in [5.74, 6) is 0.205. The average Bonchev–Trinajstić information content (AvgIpc) is 3.16. The molecule has 0 unspecified atom stereocenters. The van der Waals surface area contributed by atoms with E-state index in [1.807, 2.05) is 85.8 Å². The van der Waals surface area contributed by atoms with Crippen LogP contribution in [0.2, 0.25) is 0 Å². The molecule has 1 atom stereocenters. The van der Waals surface area contributed by atoms with Crippen molar-refractivity contribution in [3.8, 4) is 5.75 Å². The topological polar surface area (TPSA) is 58.6 Å². The maximum absolute atomic E-state index is 12.7. The van der Waals surface area contributed by atoms with Gasteiger partial charge in [-0.1, -0.05) is 48.5 Å². The van der Waals surface area contributed by atoms with Crippen LogP contribution >= 0.6 is 0 Å². The van der Waals surface area contributed by atoms with Crippen molar-refractivity contribution in [2.45, 2.75) is 20.0 Å². The summed E-state index contributed by atoms with van der Waals surface area (Å²) in [6.07, 6.45) is 0.221. The molecular formula is C25H24N2O3. The summed E-state index contributed by atoms with van der Waals surface area (Å²) in [5, 5.41) is 2.92. The van der Waals surface area contributed by atoms with Crippen molar-refractivity contribution in [3.63, 3.8) is 0 Å². The third-order valence-electron chi connectivity index (χ3n) is 5.27. The standard InChI is InChI=1S/C25H24N2O3/c1-18-7-5-6-10-23(18)27-16-20(15-24(27)28)25(29)26-21-11-13-22(14-12-21)30-17-19-8-3-2-4-9-19/h2-14,20H,15-17H2,1H3,(H,26,29)/t20-/m0/s1. The number of nitrogens with one attached hydrogen (secondary N) is 1. The van der Waals surface area contributed by atoms with E-state index in [9.17, 15) is 9.59 Å². The first-order valence-corrected chi connectivity index (χ1v) is 10.0. The molecule has 1 N–H and O–H groups in total. The minimum absolute atomic E-state index is 0.0193. The SMILES string of the molecule is Cc1ccccc1N1C[C@@H](C(=O)Nc2ccc(OCc3ccccc3)cc2)CC1=O. The molecule has 0 aliphatic carbocycles. The number of aryl methyl sites for hydroxylation is 1. The molecule has 0 saturated carbocycles. The van der Waals surface area contributed by atoms with Crippen molar-refractivity contribution in [2.24, 2.45) is 5.92 Å². The zero-order chi connectivity index (χ0) is 20.9. The lowest BCUT2D eigenvalue weighted by molar-refractivity contribution is -0.122. The van der Waals surface area contributed by atoms with Crippen molar-refractivity contribution in [1.29, 1.82) is 0 Å². The van der Waals surface area contributed by atoms with E-state index >= 15 is 0 Å². The molecule has 2 amide bonds. The molecule has 1 fully saturated rings. The van der Waals surface area contributed by atoms with Crippen molar-refractivity contribution in [1.82, 2.24) is 0 Å². The predicted octanol–water partition coefficient (Wildman–Crippen LogP) is 4.57. The van der Waals surface area contributed by atoms with Crippen LogP contribution in [-0.2, 0) is 16.2 Å². The lowest BCUT2D eigenvalue weighted by Gasteiger charge is -2.19. The summed E-state index contributed by atoms with van der Waals surface area (Å²) < 4.78 is 5.78. The van der Waals surface area contributed by atoms with Gasteiger partial charge in [0.05, 0.1) is 5.92 Å². The number of nitrogens with zero attached hydrogens (tertiary/aromatic N) is 1. The van der Waals surface area contributed by atoms with E-state index in [2.05, 4.69) is 5.32 Å². The first-order chi connectivity index (χ1) is 14.6. The molecule has 3 aromatic rings. The minimum atomic E-state index is -0.369. The molecule has 0 radical (unpaired) electrons. The number of carbonyl (C=O) groups excluding carboxylic acids is 2. The van der Waals surface area contributed by atoms with Gasteiger partial charge >= 0.3 is 0 Å². The maximum Gasteiger partial charge on any atom is 0.229 e. The largest absolute Gasteiger partial charge is 0.489 e. The monoisotopic (exact) mass is 400 g/mol. The van der Waals surface area contributed by atoms with Crippen LogP contribution in [0.15, 0.2) is 78.9 Å². The molecule has 152 valence electrons. The molecule has 30 heavy (non-hydrogen) atoms. The normalized spacial score (nSPS) is 15.8. The number of amides is 2. The number of carbonyl (C=O) groups is 2. The molecule has 1 saturated heterocycles. The fraction of sp³-hybridized carbons (Fsp3) is 0.200. The first-order valence-electron chi connectivity index (χ1n) is 10.0. The van der Waals surface area contributed by atoms with Gasteiger partial charge in [0.2, 0.25) is 11.8 Å². The van der Waals surface area contributed by atoms with E-state index in [1.165, 1.54) is 0 Å². The Kier molecular flexibility index (Phi) is 5.80. The fourth-order valence-electron chi connectivity index (χ4n) is 3.60. The molecule has 4 rings (SSSR count). The summed E-state index contributed by atoms with van der Waals surface area (Å²) in [5.41, 5.74) is 3.68. The number of ether oxygens (including phenoxy) is 1. The first kappa shape index (κ1) is 19.7. The minimum Gasteiger partial charge on any atom is -0.489 e. The molecule has 5 nitrogen and oxygen atoms in total. The van der Waals surface area contributed by atoms with Crippen LogP contribution in [0.4, 0.5) is 11.4 Å². The Morgan fingerprint density at radius 1 is 1.00 bits per heavy atom. The zero-order valence-corrected chi connectivity index (χ0v) is 16.9. The summed E-state index contributed by atoms with van der Waals surface area (Å²) in [4.78, 5) is 26.9. The second-order valence-electron chi connectivity index (χ2n) is 7.48. The van der Waals surface area contributed by atoms with E-state index < -0.39 is 0 Å². The predicted molar refractivity (Wildman–Crippen MR) is 117 cm³/mol. The van der Waals surface area contributed by atoms with E-state index in [1.54, 1.807) is 4.90 Å². The lowest BCUT2D eigenvalue weighted by atomic mass is 10.1. The highest BCUT2D eigenvalue weighted by Gasteiger charge is 2.35. The molecule has 5 heteroatoms. The van der Waals surface area contributed by atoms with Gasteiger partial charge < -0.3 is 15.0 Å². The van der Waals surface area contributed by atoms with E-state index in [0.717, 1.165) is 22.6 Å². The van der Waals surface area contributed by atoms with Gasteiger partial charge in [-0.2, -0.15) is 0 Å². The Bertz CT molecular complexity index is 1030. The van der Waals surface area contributed by atoms with Gasteiger partial charge in [-0.25, -0.2) is 0 Å². The van der Waals surface area contributed by atoms with Crippen LogP contribution in [0, 0.1) is 12.8 Å². The summed E-state index contributed by atoms with van der Waals surface area (Å²) in [6, 6.07) is 25.0. The Morgan fingerprint density at radius 3 is 2.43 bits per heavy atom. The van der Waals surface area contributed by atoms with Gasteiger partial charge in [0.1, 0.15) is 12.4 Å². The molecule has 3 aromatic carbocycles. The molecular weight excluding hydrogens is 376 g/mol. The van der Waals surface area contributed by atoms with Gasteiger partial charge in [-0.15, -0.1) is 0 Å². The van der Waals surface area contributed by atoms with Gasteiger partial charge in [0.25, 0.3) is 0 Å². The van der Waals surface area contributed by atoms with E-state index in [4.69, 9.17) is 4.74 Å². The van der Waals surface area contributed by atoms with E-state index in [0.29, 0.717) is 18.8 Å². The Balaban J connectivity index is 1.34. The van der Waals surface area contributed by atoms with E-state index in [-0.39, 0.29) is 24.2 Å². The van der Waals surface area contributed by atoms with Gasteiger partial charge in [0.15, 0.2) is 0 Å². The number of para-hydroxylation sites is 1. The number of benzene rings is 3. The van der Waals surface area contributed by atoms with Crippen molar-refractivity contribution in [2.75, 3.05) is 16.8 Å². The van der Waals surface area contributed by atoms with Crippen LogP contribution in [0.25, 0.3) is 0 Å². The summed E-state index contributed by atoms with van der Waals surface area (Å²) >= 11 is 0. The Labute approximate surface area is 176 Å². The maximum atomic E-state index is 12.7. The Hall–Kier alpha value is -3.60. The zero-order valence-electron chi connectivity index (χ0n) is 16.9. The third-order valence-corrected chi connectivity index (χ3v) is 5.27. The average molecular weight is 400 g/mol. The second-order valence-corrected chi connectivity index (χ2v) is 7.48. The van der Waals surface area contributed by atoms with Crippen LogP contribution in [0.1, 0.15) is 17.5 Å². The quantitative estimate of drug-likeness (QED) is 0.660. The van der Waals surface area contributed by atoms with Gasteiger partial charge in [-0.05, 0) is 48.4 Å². The number of hydrogen-bond donors (Lipinski definition) is 1. The number of hydrogen-bond acceptors (Lipinski definition) is 3. The van der Waals surface area contributed by atoms with Crippen molar-refractivity contribution < 1.29 is 14.3 Å². The van der Waals surface area contributed by atoms with Crippen LogP contribution < -0.4 is 15.0 Å². The molecule has 1 aliphatic rings. The molecule has 1 aliphatic heterocycles. The van der Waals surface area contributed by atoms with Crippen molar-refractivity contribution in [3.05, 3.63) is 90.0 Å². The summed E-state index contributed by atoms with van der Waals surface area (Å²) in [6.45, 7) is 2.86. The number of rotatable bonds is 6. The number of anilines is 2. The van der Waals surface area contributed by atoms with Crippen LogP contribution in [0.5, 0.6) is 5.75 Å². The van der Waals surface area contributed by atoms with Crippen LogP contribution in [-0.4, -0.2) is 18.4 Å². The molecule has 0 spiro atoms. The Morgan fingerprint density at radius 2 is 1.70 bits per heavy atom. The highest BCUT2D eigenvalue weighted by molar-refractivity contribution is 6.03. The highest BCUT2D eigenvalue weighted by atomic mass is 16.5. The van der Waals surface area contributed by atoms with Crippen LogP contribution in [0.3, 0.4) is 0 Å². The smallest absolute Gasteiger partial charge is 0.229 e. The molecule has 0 bridgehead atoms. The molecule has 1 heterocycles. The highest BCUT2D eigenvalue weighted by Crippen LogP contribution is 2.28. The fourth-order valence-corrected chi connectivity index (χ4v) is 3.60. The summed E-state index contributed by atoms with van der Waals surface area (Å²) in [7, 11) is 0.